The van der Waals surface area contributed by atoms with E-state index in [0.717, 1.165) is 11.1 Å². The molecule has 0 bridgehead atoms. The predicted octanol–water partition coefficient (Wildman–Crippen LogP) is 2.05. The van der Waals surface area contributed by atoms with Crippen LogP contribution in [-0.4, -0.2) is 44.2 Å². The highest BCUT2D eigenvalue weighted by atomic mass is 32.2. The molecule has 0 radical (unpaired) electrons. The van der Waals surface area contributed by atoms with Gasteiger partial charge in [0.25, 0.3) is 0 Å². The van der Waals surface area contributed by atoms with E-state index in [0.29, 0.717) is 50.2 Å². The summed E-state index contributed by atoms with van der Waals surface area (Å²) >= 11 is 0. The first-order chi connectivity index (χ1) is 14.9. The number of amides is 2. The summed E-state index contributed by atoms with van der Waals surface area (Å²) in [7, 11) is -2.26. The molecule has 1 unspecified atom stereocenters. The van der Waals surface area contributed by atoms with E-state index in [1.165, 1.54) is 10.4 Å². The van der Waals surface area contributed by atoms with Gasteiger partial charge in [-0.05, 0) is 60.7 Å². The van der Waals surface area contributed by atoms with Crippen molar-refractivity contribution in [3.63, 3.8) is 0 Å². The number of fused-ring (bicyclic) bond motifs is 1. The molecule has 1 saturated heterocycles. The minimum absolute atomic E-state index is 0.0737. The van der Waals surface area contributed by atoms with Crippen molar-refractivity contribution in [1.29, 1.82) is 0 Å². The van der Waals surface area contributed by atoms with Crippen LogP contribution in [0.3, 0.4) is 0 Å². The number of nitrogens with zero attached hydrogens (tertiary/aromatic N) is 1. The smallest absolute Gasteiger partial charge is 0.243 e. The maximum absolute atomic E-state index is 13.3. The lowest BCUT2D eigenvalue weighted by atomic mass is 10.0. The minimum atomic E-state index is -3.83. The van der Waals surface area contributed by atoms with Crippen LogP contribution < -0.4 is 15.4 Å². The van der Waals surface area contributed by atoms with Crippen LogP contribution >= 0.6 is 0 Å². The van der Waals surface area contributed by atoms with Crippen molar-refractivity contribution < 1.29 is 22.7 Å². The summed E-state index contributed by atoms with van der Waals surface area (Å²) in [6.07, 6.45) is 1.92. The zero-order valence-corrected chi connectivity index (χ0v) is 18.1. The Bertz CT molecular complexity index is 1120. The third-order valence-electron chi connectivity index (χ3n) is 5.69. The number of carbonyl (C=O) groups excluding carboxylic acids is 2. The third kappa shape index (κ3) is 4.42. The Hall–Kier alpha value is -2.91. The second-order valence-electron chi connectivity index (χ2n) is 7.71. The minimum Gasteiger partial charge on any atom is -0.497 e. The Morgan fingerprint density at radius 2 is 2.06 bits per heavy atom. The van der Waals surface area contributed by atoms with Crippen molar-refractivity contribution in [2.75, 3.05) is 19.0 Å². The number of ether oxygens (including phenoxy) is 1. The van der Waals surface area contributed by atoms with Crippen molar-refractivity contribution in [1.82, 2.24) is 9.62 Å². The van der Waals surface area contributed by atoms with Crippen LogP contribution in [0.2, 0.25) is 0 Å². The van der Waals surface area contributed by atoms with Crippen molar-refractivity contribution in [3.8, 4) is 5.75 Å². The Kier molecular flexibility index (Phi) is 5.97. The van der Waals surface area contributed by atoms with Crippen LogP contribution in [0, 0.1) is 0 Å². The van der Waals surface area contributed by atoms with Gasteiger partial charge in [0.05, 0.1) is 12.0 Å². The molecule has 2 aromatic carbocycles. The number of benzene rings is 2. The first-order valence-corrected chi connectivity index (χ1v) is 11.7. The van der Waals surface area contributed by atoms with E-state index in [1.807, 2.05) is 24.3 Å². The van der Waals surface area contributed by atoms with Gasteiger partial charge in [0.2, 0.25) is 21.8 Å². The summed E-state index contributed by atoms with van der Waals surface area (Å²) in [6, 6.07) is 11.3. The van der Waals surface area contributed by atoms with Gasteiger partial charge in [0.15, 0.2) is 0 Å². The predicted molar refractivity (Wildman–Crippen MR) is 115 cm³/mol. The van der Waals surface area contributed by atoms with Crippen LogP contribution in [0.15, 0.2) is 47.4 Å². The lowest BCUT2D eigenvalue weighted by molar-refractivity contribution is -0.124. The second kappa shape index (κ2) is 8.68. The number of sulfonamides is 1. The van der Waals surface area contributed by atoms with Crippen LogP contribution in [0.4, 0.5) is 5.69 Å². The fourth-order valence-corrected chi connectivity index (χ4v) is 5.74. The SMILES string of the molecule is COc1cccc(CNC(=O)C2CCCN2S(=O)(=O)c2ccc3c(c2)CCC(=O)N3)c1. The highest BCUT2D eigenvalue weighted by Gasteiger charge is 2.39. The normalized spacial score (nSPS) is 18.9. The molecule has 9 heteroatoms. The molecule has 2 aromatic rings. The molecule has 0 spiro atoms. The highest BCUT2D eigenvalue weighted by Crippen LogP contribution is 2.30. The van der Waals surface area contributed by atoms with Gasteiger partial charge in [-0.25, -0.2) is 8.42 Å². The molecule has 8 nitrogen and oxygen atoms in total. The topological polar surface area (TPSA) is 105 Å². The number of carbonyl (C=O) groups is 2. The van der Waals surface area contributed by atoms with Crippen molar-refractivity contribution >= 4 is 27.5 Å². The van der Waals surface area contributed by atoms with E-state index >= 15 is 0 Å². The summed E-state index contributed by atoms with van der Waals surface area (Å²) < 4.78 is 33.1. The molecular weight excluding hydrogens is 418 g/mol. The molecule has 0 saturated carbocycles. The van der Waals surface area contributed by atoms with Gasteiger partial charge >= 0.3 is 0 Å². The number of nitrogens with one attached hydrogen (secondary N) is 2. The monoisotopic (exact) mass is 443 g/mol. The zero-order chi connectivity index (χ0) is 22.0. The van der Waals surface area contributed by atoms with Gasteiger partial charge in [0.1, 0.15) is 11.8 Å². The van der Waals surface area contributed by atoms with E-state index in [-0.39, 0.29) is 16.7 Å². The zero-order valence-electron chi connectivity index (χ0n) is 17.3. The maximum Gasteiger partial charge on any atom is 0.243 e. The van der Waals surface area contributed by atoms with Crippen LogP contribution in [0.1, 0.15) is 30.4 Å². The fraction of sp³-hybridized carbons (Fsp3) is 0.364. The number of methoxy groups -OCH3 is 1. The van der Waals surface area contributed by atoms with Gasteiger partial charge in [-0.2, -0.15) is 4.31 Å². The summed E-state index contributed by atoms with van der Waals surface area (Å²) in [6.45, 7) is 0.590. The van der Waals surface area contributed by atoms with Crippen LogP contribution in [0.5, 0.6) is 5.75 Å². The number of anilines is 1. The summed E-state index contributed by atoms with van der Waals surface area (Å²) in [5, 5.41) is 5.61. The molecule has 2 N–H and O–H groups in total. The molecule has 2 aliphatic rings. The number of hydrogen-bond acceptors (Lipinski definition) is 5. The molecular formula is C22H25N3O5S. The molecule has 2 heterocycles. The lowest BCUT2D eigenvalue weighted by Gasteiger charge is -2.24. The van der Waals surface area contributed by atoms with Crippen molar-refractivity contribution in [2.24, 2.45) is 0 Å². The molecule has 164 valence electrons. The molecule has 2 amide bonds. The number of hydrogen-bond donors (Lipinski definition) is 2. The summed E-state index contributed by atoms with van der Waals surface area (Å²) in [5.74, 6) is 0.310. The molecule has 31 heavy (non-hydrogen) atoms. The Balaban J connectivity index is 1.49. The molecule has 1 atom stereocenters. The largest absolute Gasteiger partial charge is 0.497 e. The van der Waals surface area contributed by atoms with Gasteiger partial charge < -0.3 is 15.4 Å². The summed E-state index contributed by atoms with van der Waals surface area (Å²) in [4.78, 5) is 24.5. The van der Waals surface area contributed by atoms with Crippen LogP contribution in [-0.2, 0) is 32.6 Å². The molecule has 0 aliphatic carbocycles. The Labute approximate surface area is 181 Å². The quantitative estimate of drug-likeness (QED) is 0.711. The van der Waals surface area contributed by atoms with Gasteiger partial charge in [0, 0.05) is 25.2 Å². The van der Waals surface area contributed by atoms with Gasteiger partial charge in [-0.15, -0.1) is 0 Å². The number of aryl methyl sites for hydroxylation is 1. The van der Waals surface area contributed by atoms with E-state index in [4.69, 9.17) is 4.74 Å². The molecule has 4 rings (SSSR count). The standard InChI is InChI=1S/C22H25N3O5S/c1-30-17-5-2-4-15(12-17)14-23-22(27)20-6-3-11-25(20)31(28,29)18-8-9-19-16(13-18)7-10-21(26)24-19/h2,4-5,8-9,12-13,20H,3,6-7,10-11,14H2,1H3,(H,23,27)(H,24,26). The summed E-state index contributed by atoms with van der Waals surface area (Å²) in [5.41, 5.74) is 2.31. The average Bonchev–Trinajstić information content (AvgIpc) is 3.28. The second-order valence-corrected chi connectivity index (χ2v) is 9.60. The fourth-order valence-electron chi connectivity index (χ4n) is 4.03. The van der Waals surface area contributed by atoms with Gasteiger partial charge in [-0.1, -0.05) is 12.1 Å². The molecule has 1 fully saturated rings. The average molecular weight is 444 g/mol. The molecule has 0 aromatic heterocycles. The van der Waals surface area contributed by atoms with Crippen LogP contribution in [0.25, 0.3) is 0 Å². The van der Waals surface area contributed by atoms with Gasteiger partial charge in [-0.3, -0.25) is 9.59 Å². The number of rotatable bonds is 6. The van der Waals surface area contributed by atoms with Crippen molar-refractivity contribution in [3.05, 3.63) is 53.6 Å². The van der Waals surface area contributed by atoms with E-state index in [1.54, 1.807) is 19.2 Å². The van der Waals surface area contributed by atoms with E-state index in [2.05, 4.69) is 10.6 Å². The maximum atomic E-state index is 13.3. The van der Waals surface area contributed by atoms with E-state index < -0.39 is 16.1 Å². The van der Waals surface area contributed by atoms with E-state index in [9.17, 15) is 18.0 Å². The van der Waals surface area contributed by atoms with Crippen molar-refractivity contribution in [2.45, 2.75) is 43.2 Å². The third-order valence-corrected chi connectivity index (χ3v) is 7.59. The lowest BCUT2D eigenvalue weighted by Crippen LogP contribution is -2.45. The Morgan fingerprint density at radius 1 is 1.23 bits per heavy atom. The molecule has 2 aliphatic heterocycles. The highest BCUT2D eigenvalue weighted by molar-refractivity contribution is 7.89. The first-order valence-electron chi connectivity index (χ1n) is 10.2. The Morgan fingerprint density at radius 3 is 2.87 bits per heavy atom. The first kappa shape index (κ1) is 21.3.